The van der Waals surface area contributed by atoms with Gasteiger partial charge in [0.2, 0.25) is 0 Å². The third kappa shape index (κ3) is 3.06. The minimum absolute atomic E-state index is 0.0669. The Morgan fingerprint density at radius 2 is 2.00 bits per heavy atom. The first-order valence-corrected chi connectivity index (χ1v) is 4.52. The van der Waals surface area contributed by atoms with Gasteiger partial charge in [-0.15, -0.1) is 0 Å². The van der Waals surface area contributed by atoms with Crippen molar-refractivity contribution in [3.8, 4) is 0 Å². The summed E-state index contributed by atoms with van der Waals surface area (Å²) >= 11 is 1.74. The fourth-order valence-corrected chi connectivity index (χ4v) is 1.88. The topological polar surface area (TPSA) is 6.48 Å². The molecule has 0 aromatic heterocycles. The van der Waals surface area contributed by atoms with Crippen LogP contribution in [0.4, 0.5) is 13.2 Å². The van der Waals surface area contributed by atoms with Crippen molar-refractivity contribution in [2.45, 2.75) is 12.2 Å². The second-order valence-corrected chi connectivity index (χ2v) is 4.29. The molecule has 1 rings (SSSR count). The van der Waals surface area contributed by atoms with Gasteiger partial charge in [-0.3, -0.25) is 0 Å². The summed E-state index contributed by atoms with van der Waals surface area (Å²) in [6.45, 7) is 0.657. The third-order valence-corrected chi connectivity index (χ3v) is 2.90. The summed E-state index contributed by atoms with van der Waals surface area (Å²) in [5.41, 5.74) is 0. The van der Waals surface area contributed by atoms with E-state index < -0.39 is 12.7 Å². The molecule has 72 valence electrons. The van der Waals surface area contributed by atoms with Gasteiger partial charge in [-0.2, -0.15) is 13.2 Å². The molecule has 0 radical (unpaired) electrons. The number of hydrogen-bond donors (Lipinski definition) is 0. The van der Waals surface area contributed by atoms with E-state index in [1.807, 2.05) is 11.9 Å². The molecule has 0 spiro atoms. The van der Waals surface area contributed by atoms with Crippen LogP contribution in [0, 0.1) is 0 Å². The van der Waals surface area contributed by atoms with Gasteiger partial charge in [0.25, 0.3) is 0 Å². The van der Waals surface area contributed by atoms with Gasteiger partial charge in [0, 0.05) is 42.0 Å². The standard InChI is InChI=1S/C6H10F3IN2/c1-11-2-5(3-11)12(10)4-6(7,8)9/h5H,2-4H2,1H3. The highest BCUT2D eigenvalue weighted by molar-refractivity contribution is 14.1. The van der Waals surface area contributed by atoms with Crippen molar-refractivity contribution in [1.29, 1.82) is 0 Å². The zero-order chi connectivity index (χ0) is 9.35. The van der Waals surface area contributed by atoms with Crippen molar-refractivity contribution in [3.63, 3.8) is 0 Å². The van der Waals surface area contributed by atoms with Crippen LogP contribution in [0.25, 0.3) is 0 Å². The Bertz CT molecular complexity index is 155. The summed E-state index contributed by atoms with van der Waals surface area (Å²) in [4.78, 5) is 1.99. The Hall–Kier alpha value is 0.440. The molecule has 0 saturated carbocycles. The Kier molecular flexibility index (Phi) is 3.21. The van der Waals surface area contributed by atoms with Gasteiger partial charge in [0.1, 0.15) is 6.54 Å². The molecule has 0 amide bonds. The molecule has 1 heterocycles. The molecule has 0 aromatic rings. The largest absolute Gasteiger partial charge is 0.402 e. The average molecular weight is 294 g/mol. The van der Waals surface area contributed by atoms with Crippen molar-refractivity contribution >= 4 is 22.9 Å². The van der Waals surface area contributed by atoms with Crippen LogP contribution in [0.2, 0.25) is 0 Å². The smallest absolute Gasteiger partial charge is 0.303 e. The number of likely N-dealkylation sites (N-methyl/N-ethyl adjacent to an activating group) is 1. The second-order valence-electron chi connectivity index (χ2n) is 3.05. The SMILES string of the molecule is CN1CC(N(I)CC(F)(F)F)C1. The van der Waals surface area contributed by atoms with E-state index in [0.29, 0.717) is 0 Å². The molecule has 2 nitrogen and oxygen atoms in total. The fraction of sp³-hybridized carbons (Fsp3) is 1.00. The molecule has 1 aliphatic rings. The molecule has 0 aliphatic carbocycles. The zero-order valence-corrected chi connectivity index (χ0v) is 8.76. The van der Waals surface area contributed by atoms with Gasteiger partial charge in [0.05, 0.1) is 0 Å². The summed E-state index contributed by atoms with van der Waals surface area (Å²) in [5, 5.41) is 0. The molecular formula is C6H10F3IN2. The first-order valence-electron chi connectivity index (χ1n) is 3.56. The predicted molar refractivity (Wildman–Crippen MR) is 48.1 cm³/mol. The van der Waals surface area contributed by atoms with Crippen LogP contribution < -0.4 is 0 Å². The molecule has 0 aromatic carbocycles. The van der Waals surface area contributed by atoms with E-state index in [0.717, 1.165) is 13.1 Å². The highest BCUT2D eigenvalue weighted by Gasteiger charge is 2.36. The maximum Gasteiger partial charge on any atom is 0.402 e. The molecule has 12 heavy (non-hydrogen) atoms. The summed E-state index contributed by atoms with van der Waals surface area (Å²) in [6.07, 6.45) is -4.07. The number of halogens is 4. The van der Waals surface area contributed by atoms with E-state index in [4.69, 9.17) is 0 Å². The molecule has 0 N–H and O–H groups in total. The highest BCUT2D eigenvalue weighted by atomic mass is 127. The van der Waals surface area contributed by atoms with Gasteiger partial charge < -0.3 is 4.90 Å². The number of nitrogens with zero attached hydrogens (tertiary/aromatic N) is 2. The first-order chi connectivity index (χ1) is 5.38. The minimum atomic E-state index is -4.07. The lowest BCUT2D eigenvalue weighted by Gasteiger charge is -2.40. The van der Waals surface area contributed by atoms with Crippen molar-refractivity contribution in [2.75, 3.05) is 26.7 Å². The maximum absolute atomic E-state index is 11.9. The lowest BCUT2D eigenvalue weighted by molar-refractivity contribution is -0.139. The fourth-order valence-electron chi connectivity index (χ4n) is 1.14. The third-order valence-electron chi connectivity index (χ3n) is 1.77. The summed E-state index contributed by atoms with van der Waals surface area (Å²) in [6, 6.07) is 0.0669. The lowest BCUT2D eigenvalue weighted by Crippen LogP contribution is -2.56. The van der Waals surface area contributed by atoms with Crippen molar-refractivity contribution in [1.82, 2.24) is 8.01 Å². The number of alkyl halides is 3. The zero-order valence-electron chi connectivity index (χ0n) is 6.60. The summed E-state index contributed by atoms with van der Waals surface area (Å²) in [5.74, 6) is 0. The number of rotatable bonds is 2. The normalized spacial score (nSPS) is 21.5. The van der Waals surface area contributed by atoms with Crippen LogP contribution in [0.15, 0.2) is 0 Å². The van der Waals surface area contributed by atoms with Crippen molar-refractivity contribution in [3.05, 3.63) is 0 Å². The van der Waals surface area contributed by atoms with E-state index in [2.05, 4.69) is 0 Å². The number of likely N-dealkylation sites (tertiary alicyclic amines) is 1. The predicted octanol–water partition coefficient (Wildman–Crippen LogP) is 1.51. The quantitative estimate of drug-likeness (QED) is 0.563. The van der Waals surface area contributed by atoms with Crippen LogP contribution in [0.5, 0.6) is 0 Å². The van der Waals surface area contributed by atoms with E-state index in [1.54, 1.807) is 22.9 Å². The van der Waals surface area contributed by atoms with Gasteiger partial charge in [-0.1, -0.05) is 0 Å². The van der Waals surface area contributed by atoms with E-state index in [-0.39, 0.29) is 6.04 Å². The Morgan fingerprint density at radius 3 is 2.33 bits per heavy atom. The molecular weight excluding hydrogens is 284 g/mol. The van der Waals surface area contributed by atoms with Gasteiger partial charge >= 0.3 is 6.18 Å². The molecule has 0 unspecified atom stereocenters. The van der Waals surface area contributed by atoms with Crippen molar-refractivity contribution in [2.24, 2.45) is 0 Å². The summed E-state index contributed by atoms with van der Waals surface area (Å²) in [7, 11) is 1.90. The Labute approximate surface area is 83.2 Å². The van der Waals surface area contributed by atoms with E-state index >= 15 is 0 Å². The minimum Gasteiger partial charge on any atom is -0.303 e. The second kappa shape index (κ2) is 3.67. The molecule has 0 bridgehead atoms. The number of hydrogen-bond acceptors (Lipinski definition) is 2. The van der Waals surface area contributed by atoms with Crippen LogP contribution >= 0.6 is 22.9 Å². The van der Waals surface area contributed by atoms with Crippen LogP contribution in [0.3, 0.4) is 0 Å². The monoisotopic (exact) mass is 294 g/mol. The van der Waals surface area contributed by atoms with Gasteiger partial charge in [-0.05, 0) is 7.05 Å². The van der Waals surface area contributed by atoms with Crippen molar-refractivity contribution < 1.29 is 13.2 Å². The van der Waals surface area contributed by atoms with E-state index in [1.165, 1.54) is 3.11 Å². The summed E-state index contributed by atoms with van der Waals surface area (Å²) < 4.78 is 36.9. The molecule has 1 saturated heterocycles. The Morgan fingerprint density at radius 1 is 1.50 bits per heavy atom. The molecule has 1 fully saturated rings. The Balaban J connectivity index is 2.25. The van der Waals surface area contributed by atoms with Gasteiger partial charge in [0.15, 0.2) is 0 Å². The molecule has 0 atom stereocenters. The maximum atomic E-state index is 11.9. The van der Waals surface area contributed by atoms with E-state index in [9.17, 15) is 13.2 Å². The first kappa shape index (κ1) is 10.5. The van der Waals surface area contributed by atoms with Crippen LogP contribution in [-0.4, -0.2) is 46.9 Å². The van der Waals surface area contributed by atoms with Crippen LogP contribution in [-0.2, 0) is 0 Å². The van der Waals surface area contributed by atoms with Crippen LogP contribution in [0.1, 0.15) is 0 Å². The molecule has 1 aliphatic heterocycles. The molecule has 6 heteroatoms. The highest BCUT2D eigenvalue weighted by Crippen LogP contribution is 2.23. The lowest BCUT2D eigenvalue weighted by atomic mass is 10.1. The average Bonchev–Trinajstić information content (AvgIpc) is 1.76. The van der Waals surface area contributed by atoms with Gasteiger partial charge in [-0.25, -0.2) is 3.11 Å².